The molecule has 0 aromatic carbocycles. The zero-order chi connectivity index (χ0) is 7.28. The lowest BCUT2D eigenvalue weighted by atomic mass is 10.2. The lowest BCUT2D eigenvalue weighted by Crippen LogP contribution is -1.97. The lowest BCUT2D eigenvalue weighted by Gasteiger charge is -1.93. The molecule has 50 valence electrons. The molecule has 2 nitrogen and oxygen atoms in total. The summed E-state index contributed by atoms with van der Waals surface area (Å²) in [6, 6.07) is 0. The second-order valence-electron chi connectivity index (χ2n) is 1.74. The Kier molecular flexibility index (Phi) is 3.44. The number of carbonyl (C=O) groups is 1. The van der Waals surface area contributed by atoms with E-state index in [1.54, 1.807) is 6.08 Å². The Morgan fingerprint density at radius 1 is 1.67 bits per heavy atom. The van der Waals surface area contributed by atoms with Crippen LogP contribution in [0, 0.1) is 0 Å². The van der Waals surface area contributed by atoms with E-state index in [1.807, 2.05) is 0 Å². The van der Waals surface area contributed by atoms with E-state index in [9.17, 15) is 4.79 Å². The molecule has 0 aliphatic carbocycles. The molecule has 0 spiro atoms. The molecule has 0 saturated heterocycles. The van der Waals surface area contributed by atoms with Crippen LogP contribution in [0.5, 0.6) is 0 Å². The summed E-state index contributed by atoms with van der Waals surface area (Å²) in [7, 11) is 0. The van der Waals surface area contributed by atoms with Gasteiger partial charge in [-0.05, 0) is 12.8 Å². The minimum atomic E-state index is -0.920. The largest absolute Gasteiger partial charge is 0.478 e. The highest BCUT2D eigenvalue weighted by Crippen LogP contribution is 2.01. The maximum atomic E-state index is 10.1. The summed E-state index contributed by atoms with van der Waals surface area (Å²) in [5.41, 5.74) is 0.245. The highest BCUT2D eigenvalue weighted by Gasteiger charge is 1.99. The van der Waals surface area contributed by atoms with Crippen molar-refractivity contribution < 1.29 is 9.90 Å². The van der Waals surface area contributed by atoms with Gasteiger partial charge in [0.05, 0.1) is 0 Å². The number of carboxylic acids is 1. The third-order valence-electron chi connectivity index (χ3n) is 0.953. The predicted octanol–water partition coefficient (Wildman–Crippen LogP) is 1.59. The summed E-state index contributed by atoms with van der Waals surface area (Å²) in [5.74, 6) is -0.920. The molecule has 0 saturated carbocycles. The number of aliphatic carboxylic acids is 1. The van der Waals surface area contributed by atoms with Crippen molar-refractivity contribution in [2.75, 3.05) is 0 Å². The number of hydrogen-bond acceptors (Lipinski definition) is 1. The van der Waals surface area contributed by atoms with Crippen molar-refractivity contribution in [2.24, 2.45) is 0 Å². The molecule has 1 N–H and O–H groups in total. The van der Waals surface area contributed by atoms with E-state index >= 15 is 0 Å². The van der Waals surface area contributed by atoms with Crippen molar-refractivity contribution in [3.8, 4) is 0 Å². The fourth-order valence-electron chi connectivity index (χ4n) is 0.383. The van der Waals surface area contributed by atoms with E-state index in [0.717, 1.165) is 0 Å². The van der Waals surface area contributed by atoms with Gasteiger partial charge in [0.1, 0.15) is 0 Å². The minimum Gasteiger partial charge on any atom is -0.478 e. The highest BCUT2D eigenvalue weighted by atomic mass is 16.4. The van der Waals surface area contributed by atoms with E-state index in [1.165, 1.54) is 0 Å². The van der Waals surface area contributed by atoms with Crippen LogP contribution in [0.1, 0.15) is 12.8 Å². The Morgan fingerprint density at radius 2 is 2.22 bits per heavy atom. The third kappa shape index (κ3) is 3.53. The number of allylic oxidation sites excluding steroid dienone is 1. The SMILES string of the molecule is C=CCCC(=C)C(=O)O. The fourth-order valence-corrected chi connectivity index (χ4v) is 0.383. The van der Waals surface area contributed by atoms with Crippen LogP contribution in [0.15, 0.2) is 24.8 Å². The van der Waals surface area contributed by atoms with Crippen molar-refractivity contribution >= 4 is 5.97 Å². The summed E-state index contributed by atoms with van der Waals surface area (Å²) in [6.07, 6.45) is 2.86. The molecule has 0 aromatic rings. The third-order valence-corrected chi connectivity index (χ3v) is 0.953. The first-order chi connectivity index (χ1) is 4.18. The van der Waals surface area contributed by atoms with Gasteiger partial charge in [0.25, 0.3) is 0 Å². The summed E-state index contributed by atoms with van der Waals surface area (Å²) in [5, 5.41) is 8.27. The Hall–Kier alpha value is -1.05. The smallest absolute Gasteiger partial charge is 0.330 e. The van der Waals surface area contributed by atoms with Crippen LogP contribution in [0.2, 0.25) is 0 Å². The quantitative estimate of drug-likeness (QED) is 0.458. The molecule has 0 radical (unpaired) electrons. The van der Waals surface area contributed by atoms with Crippen LogP contribution in [-0.4, -0.2) is 11.1 Å². The average Bonchev–Trinajstić information content (AvgIpc) is 1.82. The van der Waals surface area contributed by atoms with Gasteiger partial charge in [0.15, 0.2) is 0 Å². The van der Waals surface area contributed by atoms with Crippen molar-refractivity contribution in [1.29, 1.82) is 0 Å². The van der Waals surface area contributed by atoms with Gasteiger partial charge in [-0.1, -0.05) is 12.7 Å². The zero-order valence-corrected chi connectivity index (χ0v) is 5.26. The molecule has 9 heavy (non-hydrogen) atoms. The van der Waals surface area contributed by atoms with E-state index in [0.29, 0.717) is 12.8 Å². The second kappa shape index (κ2) is 3.89. The van der Waals surface area contributed by atoms with Crippen LogP contribution < -0.4 is 0 Å². The average molecular weight is 126 g/mol. The van der Waals surface area contributed by atoms with Gasteiger partial charge >= 0.3 is 5.97 Å². The van der Waals surface area contributed by atoms with Gasteiger partial charge in [-0.25, -0.2) is 4.79 Å². The van der Waals surface area contributed by atoms with Crippen LogP contribution in [0.25, 0.3) is 0 Å². The topological polar surface area (TPSA) is 37.3 Å². The van der Waals surface area contributed by atoms with Crippen LogP contribution in [-0.2, 0) is 4.79 Å². The summed E-state index contributed by atoms with van der Waals surface area (Å²) in [6.45, 7) is 6.80. The van der Waals surface area contributed by atoms with E-state index in [2.05, 4.69) is 13.2 Å². The Morgan fingerprint density at radius 3 is 2.56 bits per heavy atom. The normalized spacial score (nSPS) is 8.44. The molecule has 0 aliphatic heterocycles. The first kappa shape index (κ1) is 7.95. The zero-order valence-electron chi connectivity index (χ0n) is 5.26. The molecule has 0 amide bonds. The fraction of sp³-hybridized carbons (Fsp3) is 0.286. The number of hydrogen-bond donors (Lipinski definition) is 1. The second-order valence-corrected chi connectivity index (χ2v) is 1.74. The summed E-state index contributed by atoms with van der Waals surface area (Å²) in [4.78, 5) is 10.1. The molecule has 0 bridgehead atoms. The molecule has 0 aliphatic rings. The molecular formula is C7H10O2. The molecular weight excluding hydrogens is 116 g/mol. The summed E-state index contributed by atoms with van der Waals surface area (Å²) >= 11 is 0. The molecule has 0 unspecified atom stereocenters. The first-order valence-electron chi connectivity index (χ1n) is 2.70. The van der Waals surface area contributed by atoms with Crippen molar-refractivity contribution in [2.45, 2.75) is 12.8 Å². The number of carboxylic acid groups (broad SMARTS) is 1. The van der Waals surface area contributed by atoms with Gasteiger partial charge in [-0.2, -0.15) is 0 Å². The first-order valence-corrected chi connectivity index (χ1v) is 2.70. The summed E-state index contributed by atoms with van der Waals surface area (Å²) < 4.78 is 0. The predicted molar refractivity (Wildman–Crippen MR) is 36.2 cm³/mol. The monoisotopic (exact) mass is 126 g/mol. The van der Waals surface area contributed by atoms with Gasteiger partial charge in [-0.3, -0.25) is 0 Å². The van der Waals surface area contributed by atoms with Gasteiger partial charge in [0, 0.05) is 5.57 Å². The lowest BCUT2D eigenvalue weighted by molar-refractivity contribution is -0.132. The molecule has 0 heterocycles. The minimum absolute atomic E-state index is 0.245. The molecule has 0 atom stereocenters. The van der Waals surface area contributed by atoms with E-state index < -0.39 is 5.97 Å². The molecule has 0 rings (SSSR count). The Labute approximate surface area is 54.5 Å². The number of rotatable bonds is 4. The van der Waals surface area contributed by atoms with Gasteiger partial charge < -0.3 is 5.11 Å². The van der Waals surface area contributed by atoms with Gasteiger partial charge in [-0.15, -0.1) is 6.58 Å². The Balaban J connectivity index is 3.51. The molecule has 0 aromatic heterocycles. The Bertz CT molecular complexity index is 136. The maximum absolute atomic E-state index is 10.1. The van der Waals surface area contributed by atoms with Crippen molar-refractivity contribution in [3.63, 3.8) is 0 Å². The van der Waals surface area contributed by atoms with Crippen molar-refractivity contribution in [3.05, 3.63) is 24.8 Å². The van der Waals surface area contributed by atoms with Crippen LogP contribution in [0.3, 0.4) is 0 Å². The molecule has 0 fully saturated rings. The van der Waals surface area contributed by atoms with E-state index in [-0.39, 0.29) is 5.57 Å². The van der Waals surface area contributed by atoms with Gasteiger partial charge in [0.2, 0.25) is 0 Å². The maximum Gasteiger partial charge on any atom is 0.330 e. The van der Waals surface area contributed by atoms with Crippen LogP contribution in [0.4, 0.5) is 0 Å². The highest BCUT2D eigenvalue weighted by molar-refractivity contribution is 5.85. The van der Waals surface area contributed by atoms with E-state index in [4.69, 9.17) is 5.11 Å². The van der Waals surface area contributed by atoms with Crippen LogP contribution >= 0.6 is 0 Å². The van der Waals surface area contributed by atoms with Crippen molar-refractivity contribution in [1.82, 2.24) is 0 Å². The standard InChI is InChI=1S/C7H10O2/c1-3-4-5-6(2)7(8)9/h3H,1-2,4-5H2,(H,8,9). The molecule has 2 heteroatoms.